The van der Waals surface area contributed by atoms with E-state index in [9.17, 15) is 0 Å². The van der Waals surface area contributed by atoms with Crippen LogP contribution in [-0.4, -0.2) is 13.3 Å². The molecule has 0 radical (unpaired) electrons. The van der Waals surface area contributed by atoms with E-state index in [2.05, 4.69) is 13.2 Å². The topological polar surface area (TPSA) is 60.4 Å². The van der Waals surface area contributed by atoms with Gasteiger partial charge in [-0.05, 0) is 0 Å². The minimum Gasteiger partial charge on any atom is -0.750 e. The summed E-state index contributed by atoms with van der Waals surface area (Å²) in [7, 11) is 0. The molecule has 7 heavy (non-hydrogen) atoms. The van der Waals surface area contributed by atoms with Crippen LogP contribution in [0.3, 0.4) is 0 Å². The summed E-state index contributed by atoms with van der Waals surface area (Å²) < 4.78 is 24.1. The Labute approximate surface area is 67.2 Å². The van der Waals surface area contributed by atoms with Crippen LogP contribution in [0.5, 0.6) is 0 Å². The van der Waals surface area contributed by atoms with E-state index in [1.807, 2.05) is 0 Å². The van der Waals surface area contributed by atoms with E-state index in [1.165, 1.54) is 0 Å². The van der Waals surface area contributed by atoms with Crippen LogP contribution in [0.15, 0.2) is 13.2 Å². The molecule has 0 aromatic rings. The summed E-state index contributed by atoms with van der Waals surface area (Å²) in [5.74, 6) is 0. The number of hydrogen-bond donors (Lipinski definition) is 1. The first-order valence-corrected chi connectivity index (χ1v) is 2.05. The molecule has 1 unspecified atom stereocenters. The zero-order chi connectivity index (χ0) is 5.58. The van der Waals surface area contributed by atoms with Crippen LogP contribution in [0.25, 0.3) is 0 Å². The third-order valence-electron chi connectivity index (χ3n) is 0. The molecule has 0 aromatic carbocycles. The fourth-order valence-electron chi connectivity index (χ4n) is 0. The molecule has 0 aliphatic carbocycles. The SMILES string of the molecule is C=C.O=S([O-])O.[Na+]. The van der Waals surface area contributed by atoms with Crippen LogP contribution in [0, 0.1) is 0 Å². The van der Waals surface area contributed by atoms with Gasteiger partial charge in [0, 0.05) is 0 Å². The molecular weight excluding hydrogens is 127 g/mol. The van der Waals surface area contributed by atoms with Crippen molar-refractivity contribution >= 4 is 11.4 Å². The Bertz CT molecular complexity index is 44.2. The summed E-state index contributed by atoms with van der Waals surface area (Å²) in [5, 5.41) is 0. The van der Waals surface area contributed by atoms with Crippen molar-refractivity contribution in [1.82, 2.24) is 0 Å². The van der Waals surface area contributed by atoms with Crippen molar-refractivity contribution in [3.63, 3.8) is 0 Å². The Morgan fingerprint density at radius 1 is 1.57 bits per heavy atom. The quantitative estimate of drug-likeness (QED) is 0.219. The van der Waals surface area contributed by atoms with Gasteiger partial charge in [-0.2, -0.15) is 0 Å². The third kappa shape index (κ3) is 240. The van der Waals surface area contributed by atoms with E-state index in [4.69, 9.17) is 13.3 Å². The largest absolute Gasteiger partial charge is 1.00 e. The molecule has 0 amide bonds. The van der Waals surface area contributed by atoms with Crippen molar-refractivity contribution in [3.05, 3.63) is 13.2 Å². The molecule has 0 saturated carbocycles. The van der Waals surface area contributed by atoms with Gasteiger partial charge in [-0.25, -0.2) is 4.21 Å². The Kier molecular flexibility index (Phi) is 35.4. The molecule has 0 aromatic heterocycles. The molecule has 0 fully saturated rings. The summed E-state index contributed by atoms with van der Waals surface area (Å²) in [6.07, 6.45) is 0. The standard InChI is InChI=1S/C2H4.Na.H2O3S/c1-2;;1-4(2)3/h1-2H2;;(H2,1,2,3)/q;+1;/p-1. The number of rotatable bonds is 0. The average molecular weight is 132 g/mol. The van der Waals surface area contributed by atoms with Crippen LogP contribution in [0.4, 0.5) is 0 Å². The van der Waals surface area contributed by atoms with Gasteiger partial charge in [0.15, 0.2) is 0 Å². The molecule has 0 aliphatic rings. The predicted octanol–water partition coefficient (Wildman–Crippen LogP) is -2.86. The van der Waals surface area contributed by atoms with E-state index >= 15 is 0 Å². The van der Waals surface area contributed by atoms with Gasteiger partial charge in [-0.1, -0.05) is 0 Å². The van der Waals surface area contributed by atoms with Crippen molar-refractivity contribution in [2.75, 3.05) is 0 Å². The summed E-state index contributed by atoms with van der Waals surface area (Å²) in [5.41, 5.74) is 0. The van der Waals surface area contributed by atoms with E-state index in [0.717, 1.165) is 0 Å². The Morgan fingerprint density at radius 3 is 1.57 bits per heavy atom. The van der Waals surface area contributed by atoms with Crippen LogP contribution in [-0.2, 0) is 11.4 Å². The molecule has 0 spiro atoms. The van der Waals surface area contributed by atoms with Crippen LogP contribution in [0.2, 0.25) is 0 Å². The first kappa shape index (κ1) is 15.7. The van der Waals surface area contributed by atoms with Gasteiger partial charge in [0.05, 0.1) is 11.4 Å². The normalized spacial score (nSPS) is 9.43. The molecule has 0 aliphatic heterocycles. The third-order valence-corrected chi connectivity index (χ3v) is 0. The van der Waals surface area contributed by atoms with Crippen molar-refractivity contribution in [2.45, 2.75) is 0 Å². The fourth-order valence-corrected chi connectivity index (χ4v) is 0. The van der Waals surface area contributed by atoms with Crippen LogP contribution < -0.4 is 29.6 Å². The summed E-state index contributed by atoms with van der Waals surface area (Å²) in [6.45, 7) is 6.00. The van der Waals surface area contributed by atoms with Crippen molar-refractivity contribution in [3.8, 4) is 0 Å². The summed E-state index contributed by atoms with van der Waals surface area (Å²) in [4.78, 5) is 0. The average Bonchev–Trinajstić information content (AvgIpc) is 1.41. The predicted molar refractivity (Wildman–Crippen MR) is 22.8 cm³/mol. The Hall–Kier alpha value is 0.810. The maximum atomic E-state index is 8.56. The first-order chi connectivity index (χ1) is 2.73. The molecule has 1 atom stereocenters. The van der Waals surface area contributed by atoms with Gasteiger partial charge in [-0.3, -0.25) is 0 Å². The fraction of sp³-hybridized carbons (Fsp3) is 0. The van der Waals surface area contributed by atoms with E-state index < -0.39 is 11.4 Å². The summed E-state index contributed by atoms with van der Waals surface area (Å²) in [6, 6.07) is 0. The van der Waals surface area contributed by atoms with E-state index in [1.54, 1.807) is 0 Å². The number of hydrogen-bond acceptors (Lipinski definition) is 2. The van der Waals surface area contributed by atoms with Gasteiger partial charge >= 0.3 is 29.6 Å². The van der Waals surface area contributed by atoms with E-state index in [0.29, 0.717) is 0 Å². The minimum absolute atomic E-state index is 0. The Balaban J connectivity index is -0.0000000480. The monoisotopic (exact) mass is 132 g/mol. The van der Waals surface area contributed by atoms with Gasteiger partial charge < -0.3 is 9.11 Å². The van der Waals surface area contributed by atoms with E-state index in [-0.39, 0.29) is 29.6 Å². The molecule has 3 nitrogen and oxygen atoms in total. The molecule has 1 N–H and O–H groups in total. The molecule has 0 heterocycles. The molecular formula is C2H5NaO3S. The second kappa shape index (κ2) is 15.8. The van der Waals surface area contributed by atoms with Crippen LogP contribution in [0.1, 0.15) is 0 Å². The maximum Gasteiger partial charge on any atom is 1.00 e. The zero-order valence-electron chi connectivity index (χ0n) is 4.09. The molecule has 38 valence electrons. The zero-order valence-corrected chi connectivity index (χ0v) is 6.90. The van der Waals surface area contributed by atoms with Gasteiger partial charge in [-0.15, -0.1) is 13.2 Å². The molecule has 5 heteroatoms. The molecule has 0 saturated heterocycles. The van der Waals surface area contributed by atoms with Gasteiger partial charge in [0.25, 0.3) is 0 Å². The second-order valence-corrected chi connectivity index (χ2v) is 0.651. The van der Waals surface area contributed by atoms with Crippen molar-refractivity contribution in [1.29, 1.82) is 0 Å². The first-order valence-electron chi connectivity index (χ1n) is 1.02. The Morgan fingerprint density at radius 2 is 1.57 bits per heavy atom. The molecule has 0 bridgehead atoms. The smallest absolute Gasteiger partial charge is 0.750 e. The second-order valence-electron chi connectivity index (χ2n) is 0.217. The van der Waals surface area contributed by atoms with Gasteiger partial charge in [0.1, 0.15) is 0 Å². The van der Waals surface area contributed by atoms with Crippen LogP contribution >= 0.6 is 0 Å². The molecule has 0 rings (SSSR count). The maximum absolute atomic E-state index is 8.56. The minimum atomic E-state index is -2.86. The van der Waals surface area contributed by atoms with Crippen molar-refractivity contribution in [2.24, 2.45) is 0 Å². The summed E-state index contributed by atoms with van der Waals surface area (Å²) >= 11 is -2.86. The van der Waals surface area contributed by atoms with Crippen molar-refractivity contribution < 1.29 is 42.9 Å². The van der Waals surface area contributed by atoms with Gasteiger partial charge in [0.2, 0.25) is 0 Å².